The van der Waals surface area contributed by atoms with Gasteiger partial charge in [0, 0.05) is 6.54 Å². The van der Waals surface area contributed by atoms with Crippen molar-refractivity contribution >= 4 is 11.8 Å². The third kappa shape index (κ3) is 5.98. The number of aliphatic hydroxyl groups is 2. The van der Waals surface area contributed by atoms with Crippen molar-refractivity contribution in [2.75, 3.05) is 13.2 Å². The van der Waals surface area contributed by atoms with E-state index in [9.17, 15) is 62.3 Å². The average molecular weight is 510 g/mol. The lowest BCUT2D eigenvalue weighted by molar-refractivity contribution is -0.171. The van der Waals surface area contributed by atoms with Crippen LogP contribution in [0, 0.1) is 0 Å². The third-order valence-corrected chi connectivity index (χ3v) is 3.82. The number of hydrogen-bond acceptors (Lipinski definition) is 4. The Hall–Kier alpha value is -2.76. The van der Waals surface area contributed by atoms with Crippen molar-refractivity contribution in [2.45, 2.75) is 30.8 Å². The van der Waals surface area contributed by atoms with Gasteiger partial charge in [-0.3, -0.25) is 9.59 Å². The fourth-order valence-electron chi connectivity index (χ4n) is 2.72. The van der Waals surface area contributed by atoms with E-state index in [1.807, 2.05) is 0 Å². The zero-order chi connectivity index (χ0) is 26.3. The van der Waals surface area contributed by atoms with Gasteiger partial charge in [0.05, 0.1) is 46.1 Å². The van der Waals surface area contributed by atoms with Crippen LogP contribution >= 0.6 is 0 Å². The van der Waals surface area contributed by atoms with Crippen molar-refractivity contribution in [1.29, 1.82) is 0 Å². The lowest BCUT2D eigenvalue weighted by atomic mass is 9.84. The first-order valence-corrected chi connectivity index (χ1v) is 7.96. The van der Waals surface area contributed by atoms with Crippen LogP contribution in [0.1, 0.15) is 43.0 Å². The molecule has 5 N–H and O–H groups in total. The van der Waals surface area contributed by atoms with Gasteiger partial charge < -0.3 is 21.3 Å². The van der Waals surface area contributed by atoms with Crippen molar-refractivity contribution < 1.29 is 72.5 Å². The molecule has 0 radical (unpaired) electrons. The molecule has 33 heavy (non-hydrogen) atoms. The topological polar surface area (TPSA) is 113 Å². The molecule has 1 atom stereocenters. The number of nitrogens with one attached hydrogen (secondary N) is 1. The Morgan fingerprint density at radius 1 is 0.727 bits per heavy atom. The Bertz CT molecular complexity index is 878. The van der Waals surface area contributed by atoms with Crippen molar-refractivity contribution in [3.05, 3.63) is 33.4 Å². The Morgan fingerprint density at radius 2 is 1.03 bits per heavy atom. The number of alkyl halides is 12. The predicted octanol–water partition coefficient (Wildman–Crippen LogP) is 2.94. The van der Waals surface area contributed by atoms with Crippen LogP contribution in [0.4, 0.5) is 52.7 Å². The lowest BCUT2D eigenvalue weighted by Crippen LogP contribution is -2.39. The van der Waals surface area contributed by atoms with E-state index in [4.69, 9.17) is 10.2 Å². The second-order valence-corrected chi connectivity index (χ2v) is 6.15. The lowest BCUT2D eigenvalue weighted by Gasteiger charge is -2.28. The number of hydrogen-bond donors (Lipinski definition) is 4. The normalized spacial score (nSPS) is 14.2. The Balaban J connectivity index is 4.52. The Morgan fingerprint density at radius 3 is 1.27 bits per heavy atom. The molecule has 0 saturated carbocycles. The third-order valence-electron chi connectivity index (χ3n) is 3.82. The molecule has 2 amide bonds. The molecule has 0 spiro atoms. The molecule has 0 aliphatic carbocycles. The van der Waals surface area contributed by atoms with Crippen LogP contribution in [0.5, 0.6) is 0 Å². The molecule has 0 saturated heterocycles. The molecule has 0 aliphatic heterocycles. The quantitative estimate of drug-likeness (QED) is 0.457. The van der Waals surface area contributed by atoms with Crippen LogP contribution in [0.3, 0.4) is 0 Å². The summed E-state index contributed by atoms with van der Waals surface area (Å²) in [5, 5.41) is 18.7. The Kier molecular flexibility index (Phi) is 7.61. The summed E-state index contributed by atoms with van der Waals surface area (Å²) in [6.45, 7) is -2.62. The summed E-state index contributed by atoms with van der Waals surface area (Å²) in [7, 11) is 0. The second kappa shape index (κ2) is 8.88. The second-order valence-electron chi connectivity index (χ2n) is 6.15. The standard InChI is InChI=1S/C15H10F12N2O4/c16-12(17,18)6-4(10(28)32)7(13(19,20)21)9(15(25,26)27)5(8(6)14(22,23)24)11(33)29-1-3(31)2-30/h3,30-31H,1-2H2,(H2,28,32)(H,29,33). The monoisotopic (exact) mass is 510 g/mol. The van der Waals surface area contributed by atoms with Crippen LogP contribution in [0.2, 0.25) is 0 Å². The van der Waals surface area contributed by atoms with E-state index in [0.717, 1.165) is 5.32 Å². The van der Waals surface area contributed by atoms with Gasteiger partial charge >= 0.3 is 24.7 Å². The molecule has 1 unspecified atom stereocenters. The van der Waals surface area contributed by atoms with E-state index in [1.165, 1.54) is 0 Å². The SMILES string of the molecule is NC(=O)c1c(C(F)(F)F)c(C(F)(F)F)c(C(=O)NCC(O)CO)c(C(F)(F)F)c1C(F)(F)F. The zero-order valence-corrected chi connectivity index (χ0v) is 15.3. The molecule has 0 bridgehead atoms. The summed E-state index contributed by atoms with van der Waals surface area (Å²) in [5.41, 5.74) is -16.2. The molecule has 0 aliphatic rings. The van der Waals surface area contributed by atoms with Crippen LogP contribution in [0.25, 0.3) is 0 Å². The summed E-state index contributed by atoms with van der Waals surface area (Å²) >= 11 is 0. The number of primary amides is 1. The summed E-state index contributed by atoms with van der Waals surface area (Å²) in [4.78, 5) is 23.4. The van der Waals surface area contributed by atoms with Crippen LogP contribution in [-0.4, -0.2) is 41.3 Å². The maximum absolute atomic E-state index is 13.5. The highest BCUT2D eigenvalue weighted by Gasteiger charge is 2.58. The van der Waals surface area contributed by atoms with Crippen molar-refractivity contribution in [2.24, 2.45) is 5.73 Å². The van der Waals surface area contributed by atoms with Crippen molar-refractivity contribution in [3.63, 3.8) is 0 Å². The van der Waals surface area contributed by atoms with Gasteiger partial charge in [0.2, 0.25) is 5.91 Å². The van der Waals surface area contributed by atoms with E-state index in [-0.39, 0.29) is 0 Å². The van der Waals surface area contributed by atoms with E-state index >= 15 is 0 Å². The fourth-order valence-corrected chi connectivity index (χ4v) is 2.72. The number of carbonyl (C=O) groups is 2. The van der Waals surface area contributed by atoms with Gasteiger partial charge in [0.15, 0.2) is 0 Å². The molecule has 6 nitrogen and oxygen atoms in total. The maximum atomic E-state index is 13.5. The summed E-state index contributed by atoms with van der Waals surface area (Å²) < 4.78 is 162. The molecule has 0 aromatic heterocycles. The molecular formula is C15H10F12N2O4. The summed E-state index contributed by atoms with van der Waals surface area (Å²) in [5.74, 6) is -5.71. The van der Waals surface area contributed by atoms with Gasteiger partial charge in [-0.15, -0.1) is 0 Å². The molecule has 1 aromatic rings. The molecule has 188 valence electrons. The fraction of sp³-hybridized carbons (Fsp3) is 0.467. The first-order chi connectivity index (χ1) is 14.6. The van der Waals surface area contributed by atoms with E-state index < -0.39 is 89.2 Å². The number of rotatable bonds is 5. The summed E-state index contributed by atoms with van der Waals surface area (Å²) in [6, 6.07) is 0. The summed E-state index contributed by atoms with van der Waals surface area (Å²) in [6.07, 6.45) is -28.3. The minimum Gasteiger partial charge on any atom is -0.394 e. The number of amides is 2. The maximum Gasteiger partial charge on any atom is 0.417 e. The highest BCUT2D eigenvalue weighted by atomic mass is 19.4. The highest BCUT2D eigenvalue weighted by molar-refractivity contribution is 6.03. The zero-order valence-electron chi connectivity index (χ0n) is 15.3. The number of aliphatic hydroxyl groups excluding tert-OH is 2. The Labute approximate surface area is 174 Å². The van der Waals surface area contributed by atoms with Gasteiger partial charge in [-0.05, 0) is 0 Å². The van der Waals surface area contributed by atoms with Gasteiger partial charge in [0.25, 0.3) is 5.91 Å². The molecule has 18 heteroatoms. The van der Waals surface area contributed by atoms with Gasteiger partial charge in [-0.1, -0.05) is 0 Å². The van der Waals surface area contributed by atoms with Gasteiger partial charge in [-0.25, -0.2) is 0 Å². The minimum atomic E-state index is -6.57. The van der Waals surface area contributed by atoms with Crippen LogP contribution < -0.4 is 11.1 Å². The van der Waals surface area contributed by atoms with E-state index in [2.05, 4.69) is 5.73 Å². The highest BCUT2D eigenvalue weighted by Crippen LogP contribution is 2.52. The number of benzene rings is 1. The first-order valence-electron chi connectivity index (χ1n) is 7.96. The van der Waals surface area contributed by atoms with Crippen molar-refractivity contribution in [1.82, 2.24) is 5.32 Å². The van der Waals surface area contributed by atoms with Crippen LogP contribution in [0.15, 0.2) is 0 Å². The molecule has 0 heterocycles. The first kappa shape index (κ1) is 28.3. The molecule has 0 fully saturated rings. The van der Waals surface area contributed by atoms with Gasteiger partial charge in [-0.2, -0.15) is 52.7 Å². The van der Waals surface area contributed by atoms with E-state index in [0.29, 0.717) is 0 Å². The van der Waals surface area contributed by atoms with Gasteiger partial charge in [0.1, 0.15) is 0 Å². The predicted molar refractivity (Wildman–Crippen MR) is 80.4 cm³/mol. The van der Waals surface area contributed by atoms with Crippen molar-refractivity contribution in [3.8, 4) is 0 Å². The molecular weight excluding hydrogens is 500 g/mol. The van der Waals surface area contributed by atoms with E-state index in [1.54, 1.807) is 0 Å². The molecule has 1 aromatic carbocycles. The number of nitrogens with two attached hydrogens (primary N) is 1. The number of halogens is 12. The minimum absolute atomic E-state index is 1.08. The number of carbonyl (C=O) groups excluding carboxylic acids is 2. The van der Waals surface area contributed by atoms with Crippen LogP contribution in [-0.2, 0) is 24.7 Å². The average Bonchev–Trinajstić information content (AvgIpc) is 2.59. The smallest absolute Gasteiger partial charge is 0.394 e. The molecule has 1 rings (SSSR count). The largest absolute Gasteiger partial charge is 0.417 e.